The molecule has 0 aliphatic carbocycles. The lowest BCUT2D eigenvalue weighted by atomic mass is 10.0. The third-order valence-electron chi connectivity index (χ3n) is 6.70. The quantitative estimate of drug-likeness (QED) is 0.558. The normalized spacial score (nSPS) is 15.9. The summed E-state index contributed by atoms with van der Waals surface area (Å²) >= 11 is 0. The van der Waals surface area contributed by atoms with Gasteiger partial charge in [-0.1, -0.05) is 35.5 Å². The van der Waals surface area contributed by atoms with E-state index in [9.17, 15) is 9.59 Å². The third kappa shape index (κ3) is 5.41. The number of fused-ring (bicyclic) bond motifs is 1. The summed E-state index contributed by atoms with van der Waals surface area (Å²) in [7, 11) is 1.88. The average Bonchev–Trinajstić information content (AvgIpc) is 3.57. The zero-order chi connectivity index (χ0) is 23.7. The maximum absolute atomic E-state index is 13.4. The summed E-state index contributed by atoms with van der Waals surface area (Å²) < 4.78 is 5.16. The van der Waals surface area contributed by atoms with Crippen LogP contribution in [-0.2, 0) is 22.4 Å². The molecule has 0 radical (unpaired) electrons. The van der Waals surface area contributed by atoms with Gasteiger partial charge in [0.15, 0.2) is 0 Å². The van der Waals surface area contributed by atoms with Crippen LogP contribution in [-0.4, -0.2) is 63.9 Å². The first kappa shape index (κ1) is 24.6. The molecule has 1 fully saturated rings. The number of carbonyl (C=O) groups is 2. The van der Waals surface area contributed by atoms with Crippen molar-refractivity contribution in [3.63, 3.8) is 0 Å². The van der Waals surface area contributed by atoms with Crippen molar-refractivity contribution in [2.45, 2.75) is 38.6 Å². The average molecular weight is 478 g/mol. The van der Waals surface area contributed by atoms with Crippen molar-refractivity contribution >= 4 is 17.5 Å². The van der Waals surface area contributed by atoms with Crippen molar-refractivity contribution < 1.29 is 19.6 Å². The van der Waals surface area contributed by atoms with E-state index in [-0.39, 0.29) is 29.8 Å². The number of aromatic nitrogens is 2. The Morgan fingerprint density at radius 1 is 1.20 bits per heavy atom. The Labute approximate surface area is 204 Å². The van der Waals surface area contributed by atoms with Crippen molar-refractivity contribution in [2.24, 2.45) is 0 Å². The summed E-state index contributed by atoms with van der Waals surface area (Å²) in [6, 6.07) is 13.8. The van der Waals surface area contributed by atoms with Gasteiger partial charge in [0.1, 0.15) is 0 Å². The van der Waals surface area contributed by atoms with Crippen LogP contribution in [0.5, 0.6) is 0 Å². The number of likely N-dealkylation sites (tertiary alicyclic amines) is 1. The van der Waals surface area contributed by atoms with E-state index in [1.165, 1.54) is 12.8 Å². The Hall–Kier alpha value is -3.56. The number of nitrogens with zero attached hydrogens (tertiary/aromatic N) is 4. The number of hydrogen-bond acceptors (Lipinski definition) is 6. The van der Waals surface area contributed by atoms with Gasteiger partial charge in [-0.25, -0.2) is 0 Å². The van der Waals surface area contributed by atoms with Crippen LogP contribution in [0.4, 0.5) is 5.69 Å². The Morgan fingerprint density at radius 2 is 2.00 bits per heavy atom. The standard InChI is InChI=1S/C26H29N5O3.H2O/c1-17-27-26(29-34-17)21-7-5-6-20(14-21)23(16-31-10-3-4-11-31)30(2)25(33)13-18-8-9-19-15-24(32)28-22(19)12-18;/h5-9,12,14,23H,3-4,10-11,13,15-16H2,1-2H3,(H,28,32);1H2. The number of carbonyl (C=O) groups excluding carboxylic acids is 2. The molecule has 2 aliphatic rings. The molecule has 35 heavy (non-hydrogen) atoms. The van der Waals surface area contributed by atoms with E-state index in [1.54, 1.807) is 6.92 Å². The van der Waals surface area contributed by atoms with Gasteiger partial charge in [0, 0.05) is 31.8 Å². The van der Waals surface area contributed by atoms with Gasteiger partial charge in [-0.15, -0.1) is 0 Å². The lowest BCUT2D eigenvalue weighted by Crippen LogP contribution is -2.39. The Bertz CT molecular complexity index is 1220. The highest BCUT2D eigenvalue weighted by molar-refractivity contribution is 5.99. The number of aryl methyl sites for hydroxylation is 1. The Balaban J connectivity index is 0.00000289. The molecule has 1 atom stereocenters. The second kappa shape index (κ2) is 10.4. The molecule has 0 saturated carbocycles. The molecule has 2 amide bonds. The summed E-state index contributed by atoms with van der Waals surface area (Å²) in [6.07, 6.45) is 3.05. The fourth-order valence-electron chi connectivity index (χ4n) is 4.81. The third-order valence-corrected chi connectivity index (χ3v) is 6.70. The van der Waals surface area contributed by atoms with Crippen LogP contribution >= 0.6 is 0 Å². The zero-order valence-corrected chi connectivity index (χ0v) is 20.1. The number of hydrogen-bond donors (Lipinski definition) is 1. The monoisotopic (exact) mass is 477 g/mol. The second-order valence-electron chi connectivity index (χ2n) is 9.18. The predicted octanol–water partition coefficient (Wildman–Crippen LogP) is 2.55. The number of amides is 2. The Kier molecular flexibility index (Phi) is 7.28. The van der Waals surface area contributed by atoms with Gasteiger partial charge in [0.25, 0.3) is 0 Å². The molecule has 1 aromatic heterocycles. The van der Waals surface area contributed by atoms with Gasteiger partial charge < -0.3 is 25.1 Å². The van der Waals surface area contributed by atoms with E-state index in [0.29, 0.717) is 18.1 Å². The van der Waals surface area contributed by atoms with E-state index in [2.05, 4.69) is 32.5 Å². The minimum atomic E-state index is -0.104. The summed E-state index contributed by atoms with van der Waals surface area (Å²) in [5, 5.41) is 6.92. The van der Waals surface area contributed by atoms with Crippen molar-refractivity contribution in [3.8, 4) is 11.4 Å². The smallest absolute Gasteiger partial charge is 0.228 e. The molecule has 0 bridgehead atoms. The number of likely N-dealkylation sites (N-methyl/N-ethyl adjacent to an activating group) is 1. The number of anilines is 1. The van der Waals surface area contributed by atoms with E-state index in [0.717, 1.165) is 47.6 Å². The number of benzene rings is 2. The minimum absolute atomic E-state index is 0. The van der Waals surface area contributed by atoms with Crippen LogP contribution in [0.25, 0.3) is 11.4 Å². The number of nitrogens with one attached hydrogen (secondary N) is 1. The first-order chi connectivity index (χ1) is 16.5. The first-order valence-electron chi connectivity index (χ1n) is 11.8. The predicted molar refractivity (Wildman–Crippen MR) is 132 cm³/mol. The van der Waals surface area contributed by atoms with Crippen LogP contribution in [0.15, 0.2) is 47.0 Å². The van der Waals surface area contributed by atoms with Gasteiger partial charge in [0.05, 0.1) is 18.9 Å². The highest BCUT2D eigenvalue weighted by Gasteiger charge is 2.27. The van der Waals surface area contributed by atoms with Crippen LogP contribution in [0.3, 0.4) is 0 Å². The molecule has 9 nitrogen and oxygen atoms in total. The first-order valence-corrected chi connectivity index (χ1v) is 11.8. The molecule has 0 spiro atoms. The minimum Gasteiger partial charge on any atom is -0.412 e. The fraction of sp³-hybridized carbons (Fsp3) is 0.385. The summed E-state index contributed by atoms with van der Waals surface area (Å²) in [5.74, 6) is 1.10. The second-order valence-corrected chi connectivity index (χ2v) is 9.18. The molecular formula is C26H31N5O4. The van der Waals surface area contributed by atoms with E-state index >= 15 is 0 Å². The van der Waals surface area contributed by atoms with Crippen molar-refractivity contribution in [3.05, 3.63) is 65.0 Å². The molecular weight excluding hydrogens is 446 g/mol. The van der Waals surface area contributed by atoms with Crippen molar-refractivity contribution in [1.82, 2.24) is 19.9 Å². The molecule has 1 saturated heterocycles. The molecule has 1 unspecified atom stereocenters. The molecule has 3 N–H and O–H groups in total. The maximum Gasteiger partial charge on any atom is 0.228 e. The topological polar surface area (TPSA) is 123 Å². The van der Waals surface area contributed by atoms with Gasteiger partial charge in [-0.3, -0.25) is 9.59 Å². The molecule has 9 heteroatoms. The SMILES string of the molecule is Cc1nc(-c2cccc(C(CN3CCCC3)N(C)C(=O)Cc3ccc4c(c3)NC(=O)C4)c2)no1.O. The Morgan fingerprint density at radius 3 is 2.74 bits per heavy atom. The van der Waals surface area contributed by atoms with Gasteiger partial charge in [-0.2, -0.15) is 4.98 Å². The molecule has 184 valence electrons. The van der Waals surface area contributed by atoms with Crippen molar-refractivity contribution in [2.75, 3.05) is 32.0 Å². The molecule has 3 heterocycles. The summed E-state index contributed by atoms with van der Waals surface area (Å²) in [4.78, 5) is 33.7. The maximum atomic E-state index is 13.4. The lowest BCUT2D eigenvalue weighted by molar-refractivity contribution is -0.131. The molecule has 5 rings (SSSR count). The van der Waals surface area contributed by atoms with E-state index in [4.69, 9.17) is 4.52 Å². The molecule has 2 aromatic carbocycles. The van der Waals surface area contributed by atoms with Crippen molar-refractivity contribution in [1.29, 1.82) is 0 Å². The van der Waals surface area contributed by atoms with Crippen LogP contribution in [0.2, 0.25) is 0 Å². The highest BCUT2D eigenvalue weighted by atomic mass is 16.5. The zero-order valence-electron chi connectivity index (χ0n) is 20.1. The van der Waals surface area contributed by atoms with E-state index in [1.807, 2.05) is 42.3 Å². The van der Waals surface area contributed by atoms with Crippen LogP contribution in [0.1, 0.15) is 41.5 Å². The van der Waals surface area contributed by atoms with Gasteiger partial charge >= 0.3 is 0 Å². The number of rotatable bonds is 7. The molecule has 2 aliphatic heterocycles. The molecule has 3 aromatic rings. The summed E-state index contributed by atoms with van der Waals surface area (Å²) in [5.41, 5.74) is 4.61. The van der Waals surface area contributed by atoms with Gasteiger partial charge in [-0.05, 0) is 54.8 Å². The summed E-state index contributed by atoms with van der Waals surface area (Å²) in [6.45, 7) is 4.64. The lowest BCUT2D eigenvalue weighted by Gasteiger charge is -2.32. The fourth-order valence-corrected chi connectivity index (χ4v) is 4.81. The van der Waals surface area contributed by atoms with Crippen LogP contribution in [0, 0.1) is 6.92 Å². The van der Waals surface area contributed by atoms with E-state index < -0.39 is 0 Å². The largest absolute Gasteiger partial charge is 0.412 e. The highest BCUT2D eigenvalue weighted by Crippen LogP contribution is 2.28. The van der Waals surface area contributed by atoms with Crippen LogP contribution < -0.4 is 5.32 Å². The van der Waals surface area contributed by atoms with Gasteiger partial charge in [0.2, 0.25) is 23.5 Å².